The molecule has 1 aromatic rings. The average Bonchev–Trinajstić information content (AvgIpc) is 2.35. The fourth-order valence-corrected chi connectivity index (χ4v) is 2.83. The predicted molar refractivity (Wildman–Crippen MR) is 73.7 cm³/mol. The van der Waals surface area contributed by atoms with E-state index in [1.807, 2.05) is 6.07 Å². The summed E-state index contributed by atoms with van der Waals surface area (Å²) < 4.78 is 0. The maximum atomic E-state index is 11.2. The van der Waals surface area contributed by atoms with Crippen LogP contribution in [0.3, 0.4) is 0 Å². The number of rotatable bonds is 5. The van der Waals surface area contributed by atoms with Gasteiger partial charge in [0, 0.05) is 6.04 Å². The highest BCUT2D eigenvalue weighted by molar-refractivity contribution is 5.79. The Hall–Kier alpha value is -2.08. The Balaban J connectivity index is 2.30. The number of aromatic hydroxyl groups is 1. The molecule has 6 nitrogen and oxygen atoms in total. The molecule has 1 aliphatic carbocycles. The van der Waals surface area contributed by atoms with Crippen molar-refractivity contribution in [2.75, 3.05) is 13.1 Å². The number of nitrogens with two attached hydrogens (primary N) is 2. The van der Waals surface area contributed by atoms with Crippen LogP contribution in [0.2, 0.25) is 0 Å². The highest BCUT2D eigenvalue weighted by Crippen LogP contribution is 2.35. The fourth-order valence-electron chi connectivity index (χ4n) is 2.83. The zero-order valence-electron chi connectivity index (χ0n) is 11.2. The van der Waals surface area contributed by atoms with Crippen LogP contribution >= 0.6 is 0 Å². The van der Waals surface area contributed by atoms with Crippen molar-refractivity contribution in [2.24, 2.45) is 11.5 Å². The molecule has 0 heterocycles. The largest absolute Gasteiger partial charge is 0.508 e. The number of fused-ring (bicyclic) bond motifs is 1. The summed E-state index contributed by atoms with van der Waals surface area (Å²) in [5.74, 6) is -0.755. The van der Waals surface area contributed by atoms with Crippen molar-refractivity contribution in [3.05, 3.63) is 29.3 Å². The van der Waals surface area contributed by atoms with Crippen molar-refractivity contribution in [2.45, 2.75) is 25.3 Å². The predicted octanol–water partition coefficient (Wildman–Crippen LogP) is 0.0422. The van der Waals surface area contributed by atoms with Crippen molar-refractivity contribution >= 4 is 11.8 Å². The van der Waals surface area contributed by atoms with Crippen LogP contribution in [-0.4, -0.2) is 34.9 Å². The third kappa shape index (κ3) is 3.27. The Bertz CT molecular complexity index is 514. The number of primary amides is 2. The minimum absolute atomic E-state index is 0.00603. The van der Waals surface area contributed by atoms with Crippen molar-refractivity contribution in [3.63, 3.8) is 0 Å². The van der Waals surface area contributed by atoms with E-state index in [1.54, 1.807) is 17.0 Å². The standard InChI is InChI=1S/C14H19N3O3/c15-13(19)7-17(8-14(16)20)12-3-1-2-9-6-10(18)4-5-11(9)12/h4-6,12,18H,1-3,7-8H2,(H2,15,19)(H2,16,20). The lowest BCUT2D eigenvalue weighted by atomic mass is 9.86. The number of aryl methyl sites for hydroxylation is 1. The molecule has 0 saturated carbocycles. The maximum Gasteiger partial charge on any atom is 0.231 e. The number of carbonyl (C=O) groups is 2. The van der Waals surface area contributed by atoms with Gasteiger partial charge in [0.25, 0.3) is 0 Å². The van der Waals surface area contributed by atoms with E-state index >= 15 is 0 Å². The minimum Gasteiger partial charge on any atom is -0.508 e. The summed E-state index contributed by atoms with van der Waals surface area (Å²) in [6.45, 7) is -0.0121. The van der Waals surface area contributed by atoms with E-state index in [4.69, 9.17) is 11.5 Å². The molecule has 1 aliphatic rings. The zero-order chi connectivity index (χ0) is 14.7. The van der Waals surface area contributed by atoms with Gasteiger partial charge in [0.15, 0.2) is 0 Å². The molecule has 5 N–H and O–H groups in total. The van der Waals surface area contributed by atoms with Gasteiger partial charge in [-0.3, -0.25) is 14.5 Å². The van der Waals surface area contributed by atoms with Gasteiger partial charge in [0.05, 0.1) is 13.1 Å². The normalized spacial score (nSPS) is 17.8. The molecule has 2 rings (SSSR count). The summed E-state index contributed by atoms with van der Waals surface area (Å²) in [6.07, 6.45) is 2.63. The molecular weight excluding hydrogens is 258 g/mol. The summed E-state index contributed by atoms with van der Waals surface area (Å²) in [4.78, 5) is 24.1. The topological polar surface area (TPSA) is 110 Å². The first-order chi connectivity index (χ1) is 9.47. The fraction of sp³-hybridized carbons (Fsp3) is 0.429. The number of hydrogen-bond donors (Lipinski definition) is 3. The Morgan fingerprint density at radius 2 is 1.90 bits per heavy atom. The number of nitrogens with zero attached hydrogens (tertiary/aromatic N) is 1. The molecule has 0 fully saturated rings. The van der Waals surface area contributed by atoms with Crippen molar-refractivity contribution in [1.29, 1.82) is 0 Å². The maximum absolute atomic E-state index is 11.2. The van der Waals surface area contributed by atoms with Gasteiger partial charge in [0.1, 0.15) is 5.75 Å². The molecule has 0 aromatic heterocycles. The molecule has 20 heavy (non-hydrogen) atoms. The van der Waals surface area contributed by atoms with Crippen LogP contribution in [0.5, 0.6) is 5.75 Å². The molecule has 0 aliphatic heterocycles. The molecule has 1 atom stereocenters. The Morgan fingerprint density at radius 3 is 2.50 bits per heavy atom. The minimum atomic E-state index is -0.489. The van der Waals surface area contributed by atoms with Gasteiger partial charge in [-0.15, -0.1) is 0 Å². The monoisotopic (exact) mass is 277 g/mol. The lowest BCUT2D eigenvalue weighted by Crippen LogP contribution is -2.42. The van der Waals surface area contributed by atoms with Crippen LogP contribution < -0.4 is 11.5 Å². The number of phenols is 1. The summed E-state index contributed by atoms with van der Waals surface area (Å²) in [5, 5.41) is 9.54. The summed E-state index contributed by atoms with van der Waals surface area (Å²) in [7, 11) is 0. The molecule has 1 aromatic carbocycles. The van der Waals surface area contributed by atoms with E-state index in [2.05, 4.69) is 0 Å². The molecule has 0 saturated heterocycles. The second-order valence-electron chi connectivity index (χ2n) is 5.13. The first-order valence-electron chi connectivity index (χ1n) is 6.60. The second-order valence-corrected chi connectivity index (χ2v) is 5.13. The molecule has 0 radical (unpaired) electrons. The lowest BCUT2D eigenvalue weighted by Gasteiger charge is -2.34. The lowest BCUT2D eigenvalue weighted by molar-refractivity contribution is -0.123. The van der Waals surface area contributed by atoms with Crippen molar-refractivity contribution in [1.82, 2.24) is 4.90 Å². The van der Waals surface area contributed by atoms with Crippen LogP contribution in [-0.2, 0) is 16.0 Å². The van der Waals surface area contributed by atoms with Gasteiger partial charge in [-0.2, -0.15) is 0 Å². The van der Waals surface area contributed by atoms with Crippen molar-refractivity contribution < 1.29 is 14.7 Å². The van der Waals surface area contributed by atoms with Gasteiger partial charge >= 0.3 is 0 Å². The van der Waals surface area contributed by atoms with E-state index in [9.17, 15) is 14.7 Å². The molecule has 0 spiro atoms. The summed E-state index contributed by atoms with van der Waals surface area (Å²) in [5.41, 5.74) is 12.6. The van der Waals surface area contributed by atoms with Crippen LogP contribution in [0.15, 0.2) is 18.2 Å². The first-order valence-corrected chi connectivity index (χ1v) is 6.60. The number of phenolic OH excluding ortho intramolecular Hbond substituents is 1. The van der Waals surface area contributed by atoms with E-state index in [0.717, 1.165) is 30.4 Å². The SMILES string of the molecule is NC(=O)CN(CC(N)=O)C1CCCc2cc(O)ccc21. The van der Waals surface area contributed by atoms with Gasteiger partial charge in [0.2, 0.25) is 11.8 Å². The van der Waals surface area contributed by atoms with Gasteiger partial charge in [-0.05, 0) is 42.5 Å². The van der Waals surface area contributed by atoms with Gasteiger partial charge in [-0.25, -0.2) is 0 Å². The molecule has 108 valence electrons. The third-order valence-electron chi connectivity index (χ3n) is 3.57. The second kappa shape index (κ2) is 5.92. The number of amides is 2. The number of benzene rings is 1. The van der Waals surface area contributed by atoms with E-state index in [0.29, 0.717) is 0 Å². The summed E-state index contributed by atoms with van der Waals surface area (Å²) >= 11 is 0. The number of carbonyl (C=O) groups excluding carboxylic acids is 2. The zero-order valence-corrected chi connectivity index (χ0v) is 11.2. The highest BCUT2D eigenvalue weighted by atomic mass is 16.3. The van der Waals surface area contributed by atoms with Crippen LogP contribution in [0.4, 0.5) is 0 Å². The Labute approximate surface area is 117 Å². The first kappa shape index (κ1) is 14.3. The molecular formula is C14H19N3O3. The summed E-state index contributed by atoms with van der Waals surface area (Å²) in [6, 6.07) is 5.11. The van der Waals surface area contributed by atoms with E-state index in [1.165, 1.54) is 0 Å². The average molecular weight is 277 g/mol. The highest BCUT2D eigenvalue weighted by Gasteiger charge is 2.27. The Morgan fingerprint density at radius 1 is 1.25 bits per heavy atom. The molecule has 1 unspecified atom stereocenters. The van der Waals surface area contributed by atoms with Crippen LogP contribution in [0.1, 0.15) is 30.0 Å². The van der Waals surface area contributed by atoms with Crippen LogP contribution in [0, 0.1) is 0 Å². The van der Waals surface area contributed by atoms with Gasteiger partial charge < -0.3 is 16.6 Å². The quantitative estimate of drug-likeness (QED) is 0.706. The number of hydrogen-bond acceptors (Lipinski definition) is 4. The van der Waals surface area contributed by atoms with Crippen LogP contribution in [0.25, 0.3) is 0 Å². The van der Waals surface area contributed by atoms with E-state index in [-0.39, 0.29) is 24.9 Å². The molecule has 6 heteroatoms. The molecule has 0 bridgehead atoms. The van der Waals surface area contributed by atoms with Gasteiger partial charge in [-0.1, -0.05) is 6.07 Å². The van der Waals surface area contributed by atoms with Crippen molar-refractivity contribution in [3.8, 4) is 5.75 Å². The molecule has 2 amide bonds. The van der Waals surface area contributed by atoms with E-state index < -0.39 is 11.8 Å². The third-order valence-corrected chi connectivity index (χ3v) is 3.57. The Kier molecular flexibility index (Phi) is 4.24. The smallest absolute Gasteiger partial charge is 0.231 e.